The second-order valence-corrected chi connectivity index (χ2v) is 10.0. The van der Waals surface area contributed by atoms with Crippen molar-refractivity contribution >= 4 is 23.9 Å². The van der Waals surface area contributed by atoms with E-state index >= 15 is 0 Å². The van der Waals surface area contributed by atoms with Crippen LogP contribution in [0.15, 0.2) is 54.6 Å². The van der Waals surface area contributed by atoms with Crippen LogP contribution >= 0.6 is 0 Å². The molecule has 10 heteroatoms. The second kappa shape index (κ2) is 13.5. The summed E-state index contributed by atoms with van der Waals surface area (Å²) in [6.07, 6.45) is -0.641. The molecule has 0 aliphatic carbocycles. The highest BCUT2D eigenvalue weighted by atomic mass is 16.6. The summed E-state index contributed by atoms with van der Waals surface area (Å²) in [6.45, 7) is 8.19. The van der Waals surface area contributed by atoms with Gasteiger partial charge in [0.15, 0.2) is 0 Å². The van der Waals surface area contributed by atoms with Crippen molar-refractivity contribution in [3.8, 4) is 5.75 Å². The first kappa shape index (κ1) is 30.1. The molecule has 0 aromatic heterocycles. The molecule has 2 aromatic rings. The van der Waals surface area contributed by atoms with Crippen molar-refractivity contribution in [2.45, 2.75) is 64.8 Å². The number of nitrogens with zero attached hydrogens (tertiary/aromatic N) is 1. The van der Waals surface area contributed by atoms with Crippen molar-refractivity contribution in [2.24, 2.45) is 0 Å². The lowest BCUT2D eigenvalue weighted by Crippen LogP contribution is -2.56. The van der Waals surface area contributed by atoms with Crippen LogP contribution < -0.4 is 10.6 Å². The van der Waals surface area contributed by atoms with Gasteiger partial charge in [-0.1, -0.05) is 42.5 Å². The normalized spacial score (nSPS) is 12.7. The van der Waals surface area contributed by atoms with E-state index in [1.165, 1.54) is 24.1 Å². The quantitative estimate of drug-likeness (QED) is 0.404. The van der Waals surface area contributed by atoms with Gasteiger partial charge in [0.05, 0.1) is 7.11 Å². The van der Waals surface area contributed by atoms with Crippen LogP contribution in [0.3, 0.4) is 0 Å². The summed E-state index contributed by atoms with van der Waals surface area (Å²) in [7, 11) is 1.20. The number of amides is 3. The first-order valence-electron chi connectivity index (χ1n) is 12.3. The molecule has 0 spiro atoms. The van der Waals surface area contributed by atoms with E-state index in [0.29, 0.717) is 5.56 Å². The van der Waals surface area contributed by atoms with Gasteiger partial charge < -0.3 is 30.1 Å². The molecule has 0 bridgehead atoms. The number of methoxy groups -OCH3 is 1. The Balaban J connectivity index is 2.51. The maximum atomic E-state index is 14.1. The molecule has 0 aliphatic heterocycles. The second-order valence-electron chi connectivity index (χ2n) is 10.0. The molecule has 0 fully saturated rings. The fourth-order valence-corrected chi connectivity index (χ4v) is 3.82. The van der Waals surface area contributed by atoms with E-state index in [2.05, 4.69) is 15.4 Å². The van der Waals surface area contributed by atoms with Gasteiger partial charge in [0.1, 0.15) is 30.0 Å². The minimum atomic E-state index is -1.22. The highest BCUT2D eigenvalue weighted by Gasteiger charge is 2.38. The number of carbonyl (C=O) groups is 4. The van der Waals surface area contributed by atoms with Crippen LogP contribution in [0.25, 0.3) is 0 Å². The zero-order valence-electron chi connectivity index (χ0n) is 22.7. The number of esters is 1. The van der Waals surface area contributed by atoms with Crippen molar-refractivity contribution in [2.75, 3.05) is 13.7 Å². The third-order valence-corrected chi connectivity index (χ3v) is 5.43. The highest BCUT2D eigenvalue weighted by molar-refractivity contribution is 5.93. The molecule has 38 heavy (non-hydrogen) atoms. The molecule has 0 aliphatic rings. The van der Waals surface area contributed by atoms with Crippen LogP contribution in [0.4, 0.5) is 4.79 Å². The molecule has 2 rings (SSSR count). The van der Waals surface area contributed by atoms with Gasteiger partial charge in [-0.05, 0) is 57.9 Å². The number of nitrogens with one attached hydrogen (secondary N) is 2. The lowest BCUT2D eigenvalue weighted by atomic mass is 9.98. The van der Waals surface area contributed by atoms with E-state index < -0.39 is 54.1 Å². The van der Waals surface area contributed by atoms with Gasteiger partial charge >= 0.3 is 12.1 Å². The minimum absolute atomic E-state index is 0.0999. The lowest BCUT2D eigenvalue weighted by molar-refractivity contribution is -0.146. The summed E-state index contributed by atoms with van der Waals surface area (Å²) < 4.78 is 10.0. The Morgan fingerprint density at radius 2 is 1.66 bits per heavy atom. The molecule has 2 unspecified atom stereocenters. The molecule has 2 atom stereocenters. The maximum Gasteiger partial charge on any atom is 0.408 e. The molecular formula is C28H37N3O7. The molecule has 10 nitrogen and oxygen atoms in total. The topological polar surface area (TPSA) is 134 Å². The van der Waals surface area contributed by atoms with Crippen LogP contribution in [0.2, 0.25) is 0 Å². The van der Waals surface area contributed by atoms with Gasteiger partial charge in [-0.3, -0.25) is 14.4 Å². The lowest BCUT2D eigenvalue weighted by Gasteiger charge is -2.37. The standard InChI is InChI=1S/C28H37N3O7/c1-18(2)31(24(20-13-10-14-21(32)16-20)25(34)29-17-23(33)37-6)26(35)22(15-19-11-8-7-9-12-19)30-27(36)38-28(3,4)5/h7-14,16,18,22,24,32H,15,17H2,1-6H3,(H,29,34)(H,30,36). The van der Waals surface area contributed by atoms with Gasteiger partial charge in [-0.25, -0.2) is 4.79 Å². The summed E-state index contributed by atoms with van der Waals surface area (Å²) >= 11 is 0. The van der Waals surface area contributed by atoms with E-state index in [4.69, 9.17) is 4.74 Å². The summed E-state index contributed by atoms with van der Waals surface area (Å²) in [5.74, 6) is -1.96. The number of phenols is 1. The van der Waals surface area contributed by atoms with Crippen LogP contribution in [-0.2, 0) is 30.3 Å². The number of aromatic hydroxyl groups is 1. The number of rotatable bonds is 10. The summed E-state index contributed by atoms with van der Waals surface area (Å²) in [5, 5.41) is 15.3. The van der Waals surface area contributed by atoms with Crippen LogP contribution in [0.1, 0.15) is 51.8 Å². The van der Waals surface area contributed by atoms with Crippen LogP contribution in [-0.4, -0.2) is 65.2 Å². The van der Waals surface area contributed by atoms with Gasteiger partial charge in [0.2, 0.25) is 11.8 Å². The highest BCUT2D eigenvalue weighted by Crippen LogP contribution is 2.28. The average molecular weight is 528 g/mol. The number of hydrogen-bond donors (Lipinski definition) is 3. The molecular weight excluding hydrogens is 490 g/mol. The first-order chi connectivity index (χ1) is 17.8. The number of benzene rings is 2. The molecule has 0 saturated heterocycles. The van der Waals surface area contributed by atoms with Crippen molar-refractivity contribution in [3.05, 3.63) is 65.7 Å². The van der Waals surface area contributed by atoms with Gasteiger partial charge in [0, 0.05) is 12.5 Å². The van der Waals surface area contributed by atoms with Gasteiger partial charge in [-0.15, -0.1) is 0 Å². The predicted molar refractivity (Wildman–Crippen MR) is 141 cm³/mol. The Morgan fingerprint density at radius 1 is 1.00 bits per heavy atom. The molecule has 0 heterocycles. The SMILES string of the molecule is COC(=O)CNC(=O)C(c1cccc(O)c1)N(C(=O)C(Cc1ccccc1)NC(=O)OC(C)(C)C)C(C)C. The monoisotopic (exact) mass is 527 g/mol. The molecule has 3 amide bonds. The first-order valence-corrected chi connectivity index (χ1v) is 12.3. The van der Waals surface area contributed by atoms with Crippen molar-refractivity contribution in [1.29, 1.82) is 0 Å². The van der Waals surface area contributed by atoms with E-state index in [1.54, 1.807) is 46.8 Å². The predicted octanol–water partition coefficient (Wildman–Crippen LogP) is 3.10. The third-order valence-electron chi connectivity index (χ3n) is 5.43. The fourth-order valence-electron chi connectivity index (χ4n) is 3.82. The third kappa shape index (κ3) is 9.10. The molecule has 2 aromatic carbocycles. The van der Waals surface area contributed by atoms with Crippen LogP contribution in [0, 0.1) is 0 Å². The van der Waals surface area contributed by atoms with Gasteiger partial charge in [0.25, 0.3) is 0 Å². The fraction of sp³-hybridized carbons (Fsp3) is 0.429. The number of hydrogen-bond acceptors (Lipinski definition) is 7. The number of carbonyl (C=O) groups excluding carboxylic acids is 4. The Labute approximate surface area is 223 Å². The maximum absolute atomic E-state index is 14.1. The number of alkyl carbamates (subject to hydrolysis) is 1. The Bertz CT molecular complexity index is 1110. The molecule has 3 N–H and O–H groups in total. The minimum Gasteiger partial charge on any atom is -0.508 e. The summed E-state index contributed by atoms with van der Waals surface area (Å²) in [4.78, 5) is 53.3. The van der Waals surface area contributed by atoms with E-state index in [9.17, 15) is 24.3 Å². The Kier molecular flexibility index (Phi) is 10.7. The zero-order chi connectivity index (χ0) is 28.5. The number of ether oxygens (including phenoxy) is 2. The summed E-state index contributed by atoms with van der Waals surface area (Å²) in [5.41, 5.74) is 0.319. The van der Waals surface area contributed by atoms with Crippen molar-refractivity contribution in [3.63, 3.8) is 0 Å². The zero-order valence-corrected chi connectivity index (χ0v) is 22.7. The molecule has 0 saturated carbocycles. The van der Waals surface area contributed by atoms with Gasteiger partial charge in [-0.2, -0.15) is 0 Å². The Morgan fingerprint density at radius 3 is 2.21 bits per heavy atom. The molecule has 0 radical (unpaired) electrons. The van der Waals surface area contributed by atoms with E-state index in [0.717, 1.165) is 5.56 Å². The Hall–Kier alpha value is -4.08. The number of phenolic OH excluding ortho intramolecular Hbond substituents is 1. The van der Waals surface area contributed by atoms with Crippen molar-refractivity contribution < 1.29 is 33.8 Å². The van der Waals surface area contributed by atoms with Crippen LogP contribution in [0.5, 0.6) is 5.75 Å². The molecule has 206 valence electrons. The summed E-state index contributed by atoms with van der Waals surface area (Å²) in [6, 6.07) is 12.3. The van der Waals surface area contributed by atoms with E-state index in [1.807, 2.05) is 30.3 Å². The van der Waals surface area contributed by atoms with E-state index in [-0.39, 0.29) is 12.2 Å². The largest absolute Gasteiger partial charge is 0.508 e. The van der Waals surface area contributed by atoms with Crippen molar-refractivity contribution in [1.82, 2.24) is 15.5 Å². The smallest absolute Gasteiger partial charge is 0.408 e. The average Bonchev–Trinajstić information content (AvgIpc) is 2.84.